The Morgan fingerprint density at radius 2 is 1.90 bits per heavy atom. The summed E-state index contributed by atoms with van der Waals surface area (Å²) >= 11 is 0. The molecule has 2 aliphatic rings. The number of amides is 1. The summed E-state index contributed by atoms with van der Waals surface area (Å²) in [4.78, 5) is 16.8. The monoisotopic (exact) mass is 300 g/mol. The number of anilines is 1. The molecule has 21 heavy (non-hydrogen) atoms. The van der Waals surface area contributed by atoms with Crippen LogP contribution in [-0.4, -0.2) is 37.1 Å². The molecule has 2 saturated heterocycles. The zero-order valence-corrected chi connectivity index (χ0v) is 11.2. The minimum absolute atomic E-state index is 0.0379. The lowest BCUT2D eigenvalue weighted by Gasteiger charge is -2.22. The number of hydrogen-bond acceptors (Lipinski definition) is 4. The van der Waals surface area contributed by atoms with Crippen LogP contribution in [0.3, 0.4) is 0 Å². The first-order chi connectivity index (χ1) is 9.86. The normalized spacial score (nSPS) is 25.2. The molecule has 2 atom stereocenters. The van der Waals surface area contributed by atoms with Crippen LogP contribution in [0.1, 0.15) is 16.1 Å². The van der Waals surface area contributed by atoms with Gasteiger partial charge in [0.1, 0.15) is 11.5 Å². The molecule has 0 saturated carbocycles. The fourth-order valence-electron chi connectivity index (χ4n) is 3.07. The van der Waals surface area contributed by atoms with Gasteiger partial charge in [0.15, 0.2) is 0 Å². The molecular weight excluding hydrogens is 285 g/mol. The van der Waals surface area contributed by atoms with Crippen LogP contribution in [0.25, 0.3) is 0 Å². The van der Waals surface area contributed by atoms with Gasteiger partial charge in [-0.05, 0) is 24.0 Å². The third-order valence-electron chi connectivity index (χ3n) is 4.12. The first kappa shape index (κ1) is 14.1. The number of aromatic nitrogens is 1. The average molecular weight is 300 g/mol. The zero-order chi connectivity index (χ0) is 15.2. The number of nitrogens with two attached hydrogens (primary N) is 1. The van der Waals surface area contributed by atoms with Gasteiger partial charge in [-0.3, -0.25) is 4.79 Å². The molecule has 3 rings (SSSR count). The number of fused-ring (bicyclic) bond motifs is 1. The summed E-state index contributed by atoms with van der Waals surface area (Å²) in [7, 11) is 0. The lowest BCUT2D eigenvalue weighted by atomic mass is 10.0. The highest BCUT2D eigenvalue weighted by Gasteiger charge is 2.39. The zero-order valence-electron chi connectivity index (χ0n) is 11.2. The summed E-state index contributed by atoms with van der Waals surface area (Å²) in [6.45, 7) is 2.86. The molecule has 1 aromatic rings. The van der Waals surface area contributed by atoms with E-state index in [9.17, 15) is 18.0 Å². The molecule has 0 unspecified atom stereocenters. The molecule has 3 N–H and O–H groups in total. The van der Waals surface area contributed by atoms with Crippen molar-refractivity contribution in [3.8, 4) is 0 Å². The number of nitrogens with zero attached hydrogens (tertiary/aromatic N) is 2. The minimum atomic E-state index is -4.54. The van der Waals surface area contributed by atoms with Gasteiger partial charge in [0.05, 0.1) is 5.56 Å². The standard InChI is InChI=1S/C13H15F3N4O/c14-13(15,16)10-2-1-9(11(17)21)12(19-10)20-5-7-3-18-4-8(7)6-20/h1-2,7-8,18H,3-6H2,(H2,17,21)/t7-,8+. The Bertz CT molecular complexity index is 563. The molecule has 0 spiro atoms. The van der Waals surface area contributed by atoms with Gasteiger partial charge in [0.2, 0.25) is 0 Å². The molecule has 8 heteroatoms. The molecular formula is C13H15F3N4O. The van der Waals surface area contributed by atoms with Crippen LogP contribution in [-0.2, 0) is 6.18 Å². The molecule has 2 fully saturated rings. The number of carbonyl (C=O) groups is 1. The minimum Gasteiger partial charge on any atom is -0.365 e. The SMILES string of the molecule is NC(=O)c1ccc(C(F)(F)F)nc1N1C[C@H]2CNC[C@H]2C1. The molecule has 0 bridgehead atoms. The Balaban J connectivity index is 1.97. The lowest BCUT2D eigenvalue weighted by Crippen LogP contribution is -2.29. The third-order valence-corrected chi connectivity index (χ3v) is 4.12. The van der Waals surface area contributed by atoms with E-state index in [-0.39, 0.29) is 11.4 Å². The van der Waals surface area contributed by atoms with Crippen LogP contribution in [0, 0.1) is 11.8 Å². The number of rotatable bonds is 2. The van der Waals surface area contributed by atoms with Crippen LogP contribution in [0.2, 0.25) is 0 Å². The van der Waals surface area contributed by atoms with Crippen molar-refractivity contribution < 1.29 is 18.0 Å². The van der Waals surface area contributed by atoms with Crippen LogP contribution >= 0.6 is 0 Å². The summed E-state index contributed by atoms with van der Waals surface area (Å²) in [5.41, 5.74) is 4.29. The molecule has 114 valence electrons. The van der Waals surface area contributed by atoms with Crippen LogP contribution < -0.4 is 16.0 Å². The molecule has 0 radical (unpaired) electrons. The van der Waals surface area contributed by atoms with E-state index >= 15 is 0 Å². The van der Waals surface area contributed by atoms with Gasteiger partial charge in [-0.2, -0.15) is 13.2 Å². The Morgan fingerprint density at radius 1 is 1.29 bits per heavy atom. The van der Waals surface area contributed by atoms with Crippen molar-refractivity contribution in [2.75, 3.05) is 31.1 Å². The van der Waals surface area contributed by atoms with E-state index in [4.69, 9.17) is 5.73 Å². The Hall–Kier alpha value is -1.83. The number of carbonyl (C=O) groups excluding carboxylic acids is 1. The second kappa shape index (κ2) is 4.87. The smallest absolute Gasteiger partial charge is 0.365 e. The fraction of sp³-hybridized carbons (Fsp3) is 0.538. The molecule has 0 aliphatic carbocycles. The first-order valence-electron chi connectivity index (χ1n) is 6.70. The predicted octanol–water partition coefficient (Wildman–Crippen LogP) is 0.855. The largest absolute Gasteiger partial charge is 0.433 e. The molecule has 3 heterocycles. The Morgan fingerprint density at radius 3 is 2.43 bits per heavy atom. The number of pyridine rings is 1. The van der Waals surface area contributed by atoms with Crippen LogP contribution in [0.5, 0.6) is 0 Å². The Labute approximate surface area is 119 Å². The summed E-state index contributed by atoms with van der Waals surface area (Å²) in [5, 5.41) is 3.25. The Kier molecular flexibility index (Phi) is 3.27. The third kappa shape index (κ3) is 2.55. The predicted molar refractivity (Wildman–Crippen MR) is 69.8 cm³/mol. The van der Waals surface area contributed by atoms with E-state index in [0.29, 0.717) is 24.9 Å². The summed E-state index contributed by atoms with van der Waals surface area (Å²) in [6.07, 6.45) is -4.54. The number of alkyl halides is 3. The van der Waals surface area contributed by atoms with Gasteiger partial charge in [-0.15, -0.1) is 0 Å². The highest BCUT2D eigenvalue weighted by atomic mass is 19.4. The fourth-order valence-corrected chi connectivity index (χ4v) is 3.07. The highest BCUT2D eigenvalue weighted by Crippen LogP contribution is 2.34. The second-order valence-corrected chi connectivity index (χ2v) is 5.51. The number of primary amides is 1. The molecule has 5 nitrogen and oxygen atoms in total. The average Bonchev–Trinajstić information content (AvgIpc) is 2.97. The van der Waals surface area contributed by atoms with Crippen LogP contribution in [0.15, 0.2) is 12.1 Å². The van der Waals surface area contributed by atoms with Crippen molar-refractivity contribution in [1.29, 1.82) is 0 Å². The van der Waals surface area contributed by atoms with E-state index in [1.165, 1.54) is 0 Å². The number of halogens is 3. The van der Waals surface area contributed by atoms with E-state index in [0.717, 1.165) is 25.2 Å². The number of hydrogen-bond donors (Lipinski definition) is 2. The molecule has 2 aliphatic heterocycles. The molecule has 0 aromatic carbocycles. The lowest BCUT2D eigenvalue weighted by molar-refractivity contribution is -0.141. The summed E-state index contributed by atoms with van der Waals surface area (Å²) in [6, 6.07) is 1.90. The second-order valence-electron chi connectivity index (χ2n) is 5.51. The van der Waals surface area contributed by atoms with Gasteiger partial charge in [0, 0.05) is 26.2 Å². The van der Waals surface area contributed by atoms with Gasteiger partial charge >= 0.3 is 6.18 Å². The van der Waals surface area contributed by atoms with Crippen molar-refractivity contribution >= 4 is 11.7 Å². The van der Waals surface area contributed by atoms with E-state index < -0.39 is 17.8 Å². The summed E-state index contributed by atoms with van der Waals surface area (Å²) in [5.74, 6) is 0.0391. The van der Waals surface area contributed by atoms with E-state index in [2.05, 4.69) is 10.3 Å². The maximum Gasteiger partial charge on any atom is 0.433 e. The van der Waals surface area contributed by atoms with Gasteiger partial charge in [-0.25, -0.2) is 4.98 Å². The first-order valence-corrected chi connectivity index (χ1v) is 6.70. The van der Waals surface area contributed by atoms with Gasteiger partial charge < -0.3 is 16.0 Å². The quantitative estimate of drug-likeness (QED) is 0.849. The topological polar surface area (TPSA) is 71.2 Å². The van der Waals surface area contributed by atoms with Gasteiger partial charge in [-0.1, -0.05) is 0 Å². The van der Waals surface area contributed by atoms with Gasteiger partial charge in [0.25, 0.3) is 5.91 Å². The van der Waals surface area contributed by atoms with Crippen molar-refractivity contribution in [3.63, 3.8) is 0 Å². The maximum absolute atomic E-state index is 12.8. The van der Waals surface area contributed by atoms with Crippen molar-refractivity contribution in [2.45, 2.75) is 6.18 Å². The molecule has 1 aromatic heterocycles. The number of nitrogens with one attached hydrogen (secondary N) is 1. The van der Waals surface area contributed by atoms with Crippen LogP contribution in [0.4, 0.5) is 19.0 Å². The van der Waals surface area contributed by atoms with Crippen molar-refractivity contribution in [3.05, 3.63) is 23.4 Å². The van der Waals surface area contributed by atoms with E-state index in [1.807, 2.05) is 0 Å². The van der Waals surface area contributed by atoms with Crippen molar-refractivity contribution in [2.24, 2.45) is 17.6 Å². The molecule has 1 amide bonds. The highest BCUT2D eigenvalue weighted by molar-refractivity contribution is 5.97. The summed E-state index contributed by atoms with van der Waals surface area (Å²) < 4.78 is 38.4. The van der Waals surface area contributed by atoms with E-state index in [1.54, 1.807) is 4.90 Å². The maximum atomic E-state index is 12.8. The van der Waals surface area contributed by atoms with Crippen molar-refractivity contribution in [1.82, 2.24) is 10.3 Å².